The molecule has 0 unspecified atom stereocenters. The Morgan fingerprint density at radius 2 is 2.16 bits per heavy atom. The van der Waals surface area contributed by atoms with E-state index >= 15 is 0 Å². The Morgan fingerprint density at radius 1 is 1.42 bits per heavy atom. The predicted octanol–water partition coefficient (Wildman–Crippen LogP) is 2.16. The molecule has 0 bridgehead atoms. The van der Waals surface area contributed by atoms with Gasteiger partial charge in [0, 0.05) is 12.6 Å². The highest BCUT2D eigenvalue weighted by atomic mass is 16.1. The molecule has 0 aliphatic rings. The Kier molecular flexibility index (Phi) is 3.34. The van der Waals surface area contributed by atoms with Crippen LogP contribution in [0.4, 0.5) is 5.82 Å². The molecule has 0 saturated carbocycles. The molecule has 0 aliphatic carbocycles. The minimum atomic E-state index is -0.238. The van der Waals surface area contributed by atoms with Gasteiger partial charge in [0.25, 0.3) is 5.91 Å². The van der Waals surface area contributed by atoms with Crippen LogP contribution in [-0.2, 0) is 7.05 Å². The summed E-state index contributed by atoms with van der Waals surface area (Å²) >= 11 is 0. The highest BCUT2D eigenvalue weighted by Crippen LogP contribution is 2.16. The maximum atomic E-state index is 12.2. The van der Waals surface area contributed by atoms with E-state index in [2.05, 4.69) is 10.4 Å². The fraction of sp³-hybridized carbons (Fsp3) is 0.214. The lowest BCUT2D eigenvalue weighted by atomic mass is 10.1. The average molecular weight is 254 g/mol. The van der Waals surface area contributed by atoms with Gasteiger partial charge in [-0.05, 0) is 25.5 Å². The third-order valence-corrected chi connectivity index (χ3v) is 2.92. The zero-order valence-corrected chi connectivity index (χ0v) is 11.1. The van der Waals surface area contributed by atoms with E-state index in [4.69, 9.17) is 5.26 Å². The lowest BCUT2D eigenvalue weighted by Gasteiger charge is -2.08. The molecule has 1 amide bonds. The molecule has 1 aromatic carbocycles. The first-order valence-electron chi connectivity index (χ1n) is 5.83. The van der Waals surface area contributed by atoms with E-state index in [9.17, 15) is 4.79 Å². The van der Waals surface area contributed by atoms with Gasteiger partial charge >= 0.3 is 0 Å². The van der Waals surface area contributed by atoms with Crippen LogP contribution in [0.5, 0.6) is 0 Å². The Balaban J connectivity index is 2.31. The topological polar surface area (TPSA) is 70.7 Å². The monoisotopic (exact) mass is 254 g/mol. The van der Waals surface area contributed by atoms with Crippen molar-refractivity contribution in [1.29, 1.82) is 5.26 Å². The molecule has 0 atom stereocenters. The van der Waals surface area contributed by atoms with Crippen LogP contribution in [0.2, 0.25) is 0 Å². The largest absolute Gasteiger partial charge is 0.306 e. The second kappa shape index (κ2) is 4.94. The standard InChI is InChI=1S/C14H14N4O/c1-9-4-5-12(10(2)6-9)14(19)17-13-11(7-15)8-16-18(13)3/h4-6,8H,1-3H3,(H,17,19). The van der Waals surface area contributed by atoms with Crippen molar-refractivity contribution in [2.75, 3.05) is 5.32 Å². The maximum absolute atomic E-state index is 12.2. The number of nitrogens with zero attached hydrogens (tertiary/aromatic N) is 3. The van der Waals surface area contributed by atoms with Crippen molar-refractivity contribution in [3.05, 3.63) is 46.6 Å². The Morgan fingerprint density at radius 3 is 2.79 bits per heavy atom. The summed E-state index contributed by atoms with van der Waals surface area (Å²) in [7, 11) is 1.68. The molecule has 5 nitrogen and oxygen atoms in total. The number of rotatable bonds is 2. The third kappa shape index (κ3) is 2.47. The molecular weight excluding hydrogens is 240 g/mol. The average Bonchev–Trinajstić information content (AvgIpc) is 2.70. The van der Waals surface area contributed by atoms with E-state index in [-0.39, 0.29) is 5.91 Å². The van der Waals surface area contributed by atoms with Gasteiger partial charge in [-0.2, -0.15) is 10.4 Å². The summed E-state index contributed by atoms with van der Waals surface area (Å²) in [5.74, 6) is 0.171. The number of benzene rings is 1. The van der Waals surface area contributed by atoms with Crippen molar-refractivity contribution >= 4 is 11.7 Å². The fourth-order valence-electron chi connectivity index (χ4n) is 1.91. The van der Waals surface area contributed by atoms with Gasteiger partial charge in [-0.15, -0.1) is 0 Å². The molecule has 96 valence electrons. The van der Waals surface area contributed by atoms with Crippen molar-refractivity contribution in [3.63, 3.8) is 0 Å². The molecule has 0 spiro atoms. The van der Waals surface area contributed by atoms with Crippen molar-refractivity contribution < 1.29 is 4.79 Å². The van der Waals surface area contributed by atoms with Gasteiger partial charge in [-0.25, -0.2) is 0 Å². The van der Waals surface area contributed by atoms with Crippen LogP contribution in [-0.4, -0.2) is 15.7 Å². The van der Waals surface area contributed by atoms with Gasteiger partial charge in [-0.1, -0.05) is 17.7 Å². The zero-order valence-electron chi connectivity index (χ0n) is 11.1. The van der Waals surface area contributed by atoms with Crippen molar-refractivity contribution in [2.45, 2.75) is 13.8 Å². The number of aryl methyl sites for hydroxylation is 3. The van der Waals surface area contributed by atoms with Gasteiger partial charge in [0.15, 0.2) is 0 Å². The first-order valence-corrected chi connectivity index (χ1v) is 5.83. The van der Waals surface area contributed by atoms with E-state index in [0.29, 0.717) is 16.9 Å². The van der Waals surface area contributed by atoms with E-state index in [0.717, 1.165) is 11.1 Å². The van der Waals surface area contributed by atoms with E-state index in [1.165, 1.54) is 10.9 Å². The van der Waals surface area contributed by atoms with Gasteiger partial charge in [0.2, 0.25) is 0 Å². The molecular formula is C14H14N4O. The number of anilines is 1. The van der Waals surface area contributed by atoms with E-state index in [1.807, 2.05) is 32.0 Å². The lowest BCUT2D eigenvalue weighted by Crippen LogP contribution is -2.16. The van der Waals surface area contributed by atoms with Crippen LogP contribution in [0.15, 0.2) is 24.4 Å². The maximum Gasteiger partial charge on any atom is 0.257 e. The summed E-state index contributed by atoms with van der Waals surface area (Å²) < 4.78 is 1.47. The summed E-state index contributed by atoms with van der Waals surface area (Å²) in [4.78, 5) is 12.2. The molecule has 2 aromatic rings. The number of amides is 1. The third-order valence-electron chi connectivity index (χ3n) is 2.92. The minimum Gasteiger partial charge on any atom is -0.306 e. The molecule has 2 rings (SSSR count). The van der Waals surface area contributed by atoms with Crippen molar-refractivity contribution in [3.8, 4) is 6.07 Å². The molecule has 0 fully saturated rings. The van der Waals surface area contributed by atoms with E-state index < -0.39 is 0 Å². The fourth-order valence-corrected chi connectivity index (χ4v) is 1.91. The molecule has 0 aliphatic heterocycles. The second-order valence-electron chi connectivity index (χ2n) is 4.41. The number of aromatic nitrogens is 2. The smallest absolute Gasteiger partial charge is 0.257 e. The summed E-state index contributed by atoms with van der Waals surface area (Å²) in [6.45, 7) is 3.86. The van der Waals surface area contributed by atoms with Gasteiger partial charge < -0.3 is 5.32 Å². The van der Waals surface area contributed by atoms with Crippen LogP contribution in [0, 0.1) is 25.2 Å². The normalized spacial score (nSPS) is 10.0. The SMILES string of the molecule is Cc1ccc(C(=O)Nc2c(C#N)cnn2C)c(C)c1. The van der Waals surface area contributed by atoms with Gasteiger partial charge in [-0.3, -0.25) is 9.48 Å². The molecule has 1 heterocycles. The lowest BCUT2D eigenvalue weighted by molar-refractivity contribution is 0.102. The summed E-state index contributed by atoms with van der Waals surface area (Å²) in [5.41, 5.74) is 2.95. The van der Waals surface area contributed by atoms with Crippen LogP contribution < -0.4 is 5.32 Å². The first-order chi connectivity index (χ1) is 9.02. The number of carbonyl (C=O) groups excluding carboxylic acids is 1. The number of hydrogen-bond donors (Lipinski definition) is 1. The summed E-state index contributed by atoms with van der Waals surface area (Å²) in [6, 6.07) is 7.61. The molecule has 1 aromatic heterocycles. The molecule has 19 heavy (non-hydrogen) atoms. The number of carbonyl (C=O) groups is 1. The number of hydrogen-bond acceptors (Lipinski definition) is 3. The van der Waals surface area contributed by atoms with Gasteiger partial charge in [0.05, 0.1) is 6.20 Å². The predicted molar refractivity (Wildman–Crippen MR) is 71.8 cm³/mol. The number of nitriles is 1. The summed E-state index contributed by atoms with van der Waals surface area (Å²) in [5, 5.41) is 15.6. The Labute approximate surface area is 111 Å². The highest BCUT2D eigenvalue weighted by Gasteiger charge is 2.14. The van der Waals surface area contributed by atoms with Crippen molar-refractivity contribution in [2.24, 2.45) is 7.05 Å². The first kappa shape index (κ1) is 12.8. The zero-order chi connectivity index (χ0) is 14.0. The van der Waals surface area contributed by atoms with Crippen molar-refractivity contribution in [1.82, 2.24) is 9.78 Å². The minimum absolute atomic E-state index is 0.238. The molecule has 1 N–H and O–H groups in total. The van der Waals surface area contributed by atoms with Crippen LogP contribution >= 0.6 is 0 Å². The molecule has 5 heteroatoms. The van der Waals surface area contributed by atoms with Gasteiger partial charge in [0.1, 0.15) is 17.5 Å². The molecule has 0 radical (unpaired) electrons. The number of nitrogens with one attached hydrogen (secondary N) is 1. The highest BCUT2D eigenvalue weighted by molar-refractivity contribution is 6.05. The van der Waals surface area contributed by atoms with Crippen LogP contribution in [0.25, 0.3) is 0 Å². The molecule has 0 saturated heterocycles. The summed E-state index contributed by atoms with van der Waals surface area (Å²) in [6.07, 6.45) is 1.43. The quantitative estimate of drug-likeness (QED) is 0.892. The van der Waals surface area contributed by atoms with E-state index in [1.54, 1.807) is 13.1 Å². The van der Waals surface area contributed by atoms with Crippen LogP contribution in [0.1, 0.15) is 27.0 Å². The second-order valence-corrected chi connectivity index (χ2v) is 4.41. The Bertz CT molecular complexity index is 679. The van der Waals surface area contributed by atoms with Crippen LogP contribution in [0.3, 0.4) is 0 Å². The Hall–Kier alpha value is -2.61.